The summed E-state index contributed by atoms with van der Waals surface area (Å²) < 4.78 is 5.41. The molecule has 0 saturated carbocycles. The zero-order valence-electron chi connectivity index (χ0n) is 9.48. The Kier molecular flexibility index (Phi) is 4.19. The highest BCUT2D eigenvalue weighted by Gasteiger charge is 2.11. The van der Waals surface area contributed by atoms with Crippen molar-refractivity contribution in [2.75, 3.05) is 7.05 Å². The minimum Gasteiger partial charge on any atom is -0.468 e. The van der Waals surface area contributed by atoms with Gasteiger partial charge >= 0.3 is 0 Å². The van der Waals surface area contributed by atoms with Gasteiger partial charge in [-0.2, -0.15) is 0 Å². The normalized spacial score (nSPS) is 12.8. The molecule has 2 aromatic heterocycles. The molecule has 0 amide bonds. The monoisotopic (exact) mass is 235 g/mol. The van der Waals surface area contributed by atoms with Crippen LogP contribution in [0.15, 0.2) is 40.3 Å². The van der Waals surface area contributed by atoms with Gasteiger partial charge < -0.3 is 9.73 Å². The Morgan fingerprint density at radius 3 is 2.94 bits per heavy atom. The standard InChI is InChI=1S/C13H17NOS/c1-14-12(13-8-3-9-15-13)7-2-5-11-6-4-10-16-11/h3-4,6,8-10,12,14H,2,5,7H2,1H3. The highest BCUT2D eigenvalue weighted by molar-refractivity contribution is 7.09. The van der Waals surface area contributed by atoms with Crippen molar-refractivity contribution in [2.45, 2.75) is 25.3 Å². The number of furan rings is 1. The van der Waals surface area contributed by atoms with Crippen molar-refractivity contribution in [3.8, 4) is 0 Å². The van der Waals surface area contributed by atoms with Crippen molar-refractivity contribution in [3.05, 3.63) is 46.5 Å². The van der Waals surface area contributed by atoms with Crippen LogP contribution >= 0.6 is 11.3 Å². The molecule has 1 unspecified atom stereocenters. The first-order chi connectivity index (χ1) is 7.90. The number of nitrogens with one attached hydrogen (secondary N) is 1. The summed E-state index contributed by atoms with van der Waals surface area (Å²) >= 11 is 1.84. The first-order valence-electron chi connectivity index (χ1n) is 5.63. The van der Waals surface area contributed by atoms with E-state index in [9.17, 15) is 0 Å². The van der Waals surface area contributed by atoms with Crippen LogP contribution in [0.4, 0.5) is 0 Å². The van der Waals surface area contributed by atoms with Gasteiger partial charge in [0.25, 0.3) is 0 Å². The minimum absolute atomic E-state index is 0.343. The van der Waals surface area contributed by atoms with E-state index in [-0.39, 0.29) is 0 Å². The van der Waals surface area contributed by atoms with Crippen LogP contribution in [0.2, 0.25) is 0 Å². The maximum absolute atomic E-state index is 5.41. The van der Waals surface area contributed by atoms with Crippen molar-refractivity contribution in [1.82, 2.24) is 5.32 Å². The molecule has 2 heterocycles. The van der Waals surface area contributed by atoms with Gasteiger partial charge in [-0.05, 0) is 49.9 Å². The highest BCUT2D eigenvalue weighted by Crippen LogP contribution is 2.20. The first-order valence-corrected chi connectivity index (χ1v) is 6.51. The maximum Gasteiger partial charge on any atom is 0.120 e. The van der Waals surface area contributed by atoms with E-state index in [1.54, 1.807) is 6.26 Å². The summed E-state index contributed by atoms with van der Waals surface area (Å²) in [6.07, 6.45) is 5.20. The van der Waals surface area contributed by atoms with Gasteiger partial charge in [-0.15, -0.1) is 11.3 Å². The molecule has 0 spiro atoms. The van der Waals surface area contributed by atoms with Crippen LogP contribution in [0.5, 0.6) is 0 Å². The molecule has 2 rings (SSSR count). The molecular formula is C13H17NOS. The van der Waals surface area contributed by atoms with Crippen molar-refractivity contribution in [2.24, 2.45) is 0 Å². The Labute approximate surface area is 100 Å². The van der Waals surface area contributed by atoms with Crippen molar-refractivity contribution in [1.29, 1.82) is 0 Å². The van der Waals surface area contributed by atoms with E-state index >= 15 is 0 Å². The van der Waals surface area contributed by atoms with Crippen LogP contribution in [0.3, 0.4) is 0 Å². The van der Waals surface area contributed by atoms with E-state index in [0.29, 0.717) is 6.04 Å². The molecule has 0 aromatic carbocycles. The number of thiophene rings is 1. The fourth-order valence-electron chi connectivity index (χ4n) is 1.85. The summed E-state index contributed by atoms with van der Waals surface area (Å²) in [6.45, 7) is 0. The predicted molar refractivity (Wildman–Crippen MR) is 67.8 cm³/mol. The fourth-order valence-corrected chi connectivity index (χ4v) is 2.60. The fraction of sp³-hybridized carbons (Fsp3) is 0.385. The van der Waals surface area contributed by atoms with Crippen LogP contribution in [-0.2, 0) is 6.42 Å². The Hall–Kier alpha value is -1.06. The average molecular weight is 235 g/mol. The molecule has 2 aromatic rings. The van der Waals surface area contributed by atoms with Crippen molar-refractivity contribution in [3.63, 3.8) is 0 Å². The topological polar surface area (TPSA) is 25.2 Å². The first kappa shape index (κ1) is 11.4. The lowest BCUT2D eigenvalue weighted by Crippen LogP contribution is -2.15. The molecule has 1 atom stereocenters. The largest absolute Gasteiger partial charge is 0.468 e. The summed E-state index contributed by atoms with van der Waals surface area (Å²) in [5, 5.41) is 5.43. The predicted octanol–water partition coefficient (Wildman–Crippen LogP) is 3.62. The van der Waals surface area contributed by atoms with Gasteiger partial charge in [0.1, 0.15) is 5.76 Å². The molecule has 0 fully saturated rings. The molecule has 16 heavy (non-hydrogen) atoms. The van der Waals surface area contributed by atoms with E-state index in [1.165, 1.54) is 11.3 Å². The Bertz CT molecular complexity index is 380. The molecule has 0 saturated heterocycles. The van der Waals surface area contributed by atoms with Crippen molar-refractivity contribution >= 4 is 11.3 Å². The summed E-state index contributed by atoms with van der Waals surface area (Å²) in [5.41, 5.74) is 0. The Morgan fingerprint density at radius 2 is 2.31 bits per heavy atom. The highest BCUT2D eigenvalue weighted by atomic mass is 32.1. The van der Waals surface area contributed by atoms with Crippen molar-refractivity contribution < 1.29 is 4.42 Å². The Morgan fingerprint density at radius 1 is 1.38 bits per heavy atom. The number of hydrogen-bond acceptors (Lipinski definition) is 3. The van der Waals surface area contributed by atoms with Gasteiger partial charge in [0.05, 0.1) is 12.3 Å². The second-order valence-electron chi connectivity index (χ2n) is 3.83. The van der Waals surface area contributed by atoms with E-state index in [2.05, 4.69) is 22.8 Å². The van der Waals surface area contributed by atoms with Gasteiger partial charge in [-0.25, -0.2) is 0 Å². The molecule has 0 bridgehead atoms. The molecular weight excluding hydrogens is 218 g/mol. The van der Waals surface area contributed by atoms with Gasteiger partial charge in [-0.3, -0.25) is 0 Å². The third-order valence-electron chi connectivity index (χ3n) is 2.73. The third kappa shape index (κ3) is 2.97. The summed E-state index contributed by atoms with van der Waals surface area (Å²) in [4.78, 5) is 1.47. The van der Waals surface area contributed by atoms with Gasteiger partial charge in [0.15, 0.2) is 0 Å². The second kappa shape index (κ2) is 5.87. The second-order valence-corrected chi connectivity index (χ2v) is 4.86. The van der Waals surface area contributed by atoms with E-state index in [4.69, 9.17) is 4.42 Å². The molecule has 86 valence electrons. The summed E-state index contributed by atoms with van der Waals surface area (Å²) in [5.74, 6) is 1.04. The van der Waals surface area contributed by atoms with E-state index in [1.807, 2.05) is 30.5 Å². The molecule has 0 aliphatic heterocycles. The van der Waals surface area contributed by atoms with Gasteiger partial charge in [0.2, 0.25) is 0 Å². The zero-order valence-corrected chi connectivity index (χ0v) is 10.3. The summed E-state index contributed by atoms with van der Waals surface area (Å²) in [7, 11) is 1.98. The molecule has 0 aliphatic carbocycles. The van der Waals surface area contributed by atoms with Crippen LogP contribution in [0, 0.1) is 0 Å². The lowest BCUT2D eigenvalue weighted by Gasteiger charge is -2.12. The molecule has 0 radical (unpaired) electrons. The lowest BCUT2D eigenvalue weighted by molar-refractivity contribution is 0.408. The lowest BCUT2D eigenvalue weighted by atomic mass is 10.1. The molecule has 2 nitrogen and oxygen atoms in total. The minimum atomic E-state index is 0.343. The van der Waals surface area contributed by atoms with Crippen LogP contribution in [0.1, 0.15) is 29.5 Å². The molecule has 0 aliphatic rings. The van der Waals surface area contributed by atoms with Gasteiger partial charge in [0, 0.05) is 4.88 Å². The smallest absolute Gasteiger partial charge is 0.120 e. The van der Waals surface area contributed by atoms with Crippen LogP contribution in [-0.4, -0.2) is 7.05 Å². The average Bonchev–Trinajstić information content (AvgIpc) is 2.96. The maximum atomic E-state index is 5.41. The van der Waals surface area contributed by atoms with E-state index < -0.39 is 0 Å². The number of aryl methyl sites for hydroxylation is 1. The van der Waals surface area contributed by atoms with Crippen LogP contribution < -0.4 is 5.32 Å². The zero-order chi connectivity index (χ0) is 11.2. The van der Waals surface area contributed by atoms with E-state index in [0.717, 1.165) is 18.6 Å². The van der Waals surface area contributed by atoms with Crippen LogP contribution in [0.25, 0.3) is 0 Å². The quantitative estimate of drug-likeness (QED) is 0.827. The SMILES string of the molecule is CNC(CCCc1cccs1)c1ccco1. The molecule has 1 N–H and O–H groups in total. The van der Waals surface area contributed by atoms with Gasteiger partial charge in [-0.1, -0.05) is 6.07 Å². The third-order valence-corrected chi connectivity index (χ3v) is 3.67. The summed E-state index contributed by atoms with van der Waals surface area (Å²) in [6, 6.07) is 8.63. The Balaban J connectivity index is 1.80. The molecule has 3 heteroatoms. The number of rotatable bonds is 6. The number of hydrogen-bond donors (Lipinski definition) is 1.